The lowest BCUT2D eigenvalue weighted by molar-refractivity contribution is -0.147. The molecule has 2 unspecified atom stereocenters. The molecule has 0 saturated heterocycles. The van der Waals surface area contributed by atoms with E-state index >= 15 is 0 Å². The van der Waals surface area contributed by atoms with Gasteiger partial charge in [0.2, 0.25) is 0 Å². The van der Waals surface area contributed by atoms with Crippen LogP contribution in [0.4, 0.5) is 0 Å². The summed E-state index contributed by atoms with van der Waals surface area (Å²) in [5.41, 5.74) is 1.06. The molecular formula is C27H44O5. The third kappa shape index (κ3) is 15.9. The number of carbonyl (C=O) groups excluding carboxylic acids is 1. The number of esters is 1. The Morgan fingerprint density at radius 2 is 1.34 bits per heavy atom. The lowest BCUT2D eigenvalue weighted by atomic mass is 10.0. The largest absolute Gasteiger partial charge is 0.481 e. The maximum Gasteiger partial charge on any atom is 0.305 e. The predicted molar refractivity (Wildman–Crippen MR) is 129 cm³/mol. The van der Waals surface area contributed by atoms with E-state index < -0.39 is 5.97 Å². The molecular weight excluding hydrogens is 404 g/mol. The molecule has 5 heteroatoms. The van der Waals surface area contributed by atoms with Crippen LogP contribution < -0.4 is 0 Å². The third-order valence-electron chi connectivity index (χ3n) is 5.75. The highest BCUT2D eigenvalue weighted by Crippen LogP contribution is 2.18. The average Bonchev–Trinajstić information content (AvgIpc) is 2.76. The predicted octanol–water partition coefficient (Wildman–Crippen LogP) is 7.07. The Morgan fingerprint density at radius 1 is 0.812 bits per heavy atom. The first-order valence-corrected chi connectivity index (χ1v) is 12.6. The number of hydrogen-bond donors (Lipinski definition) is 1. The molecule has 0 spiro atoms. The Kier molecular flexibility index (Phi) is 16.4. The molecule has 0 aliphatic heterocycles. The summed E-state index contributed by atoms with van der Waals surface area (Å²) in [6, 6.07) is 9.85. The summed E-state index contributed by atoms with van der Waals surface area (Å²) in [4.78, 5) is 22.6. The van der Waals surface area contributed by atoms with Crippen molar-refractivity contribution in [1.29, 1.82) is 0 Å². The molecule has 32 heavy (non-hydrogen) atoms. The van der Waals surface area contributed by atoms with Gasteiger partial charge >= 0.3 is 11.9 Å². The molecule has 0 aliphatic rings. The number of aliphatic carboxylic acids is 1. The van der Waals surface area contributed by atoms with Gasteiger partial charge in [-0.1, -0.05) is 88.6 Å². The second-order valence-corrected chi connectivity index (χ2v) is 8.80. The van der Waals surface area contributed by atoms with Crippen LogP contribution in [-0.2, 0) is 25.7 Å². The standard InChI is InChI=1S/C27H44O5/c1-3-4-5-6-7-13-18-25(32-23(2)28)19-14-8-9-15-20-26(21-27(29)30)31-22-24-16-11-10-12-17-24/h10-12,16-17,25-26H,3-9,13-15,18-22H2,1-2H3,(H,29,30). The first kappa shape index (κ1) is 28.2. The molecule has 0 amide bonds. The average molecular weight is 449 g/mol. The summed E-state index contributed by atoms with van der Waals surface area (Å²) in [6.07, 6.45) is 14.0. The molecule has 0 saturated carbocycles. The number of benzene rings is 1. The molecule has 182 valence electrons. The van der Waals surface area contributed by atoms with Crippen molar-refractivity contribution in [1.82, 2.24) is 0 Å². The zero-order chi connectivity index (χ0) is 23.4. The fourth-order valence-corrected chi connectivity index (χ4v) is 3.97. The Hall–Kier alpha value is -1.88. The van der Waals surface area contributed by atoms with Crippen LogP contribution in [0.1, 0.15) is 109 Å². The minimum absolute atomic E-state index is 0.0349. The number of rotatable bonds is 20. The van der Waals surface area contributed by atoms with Gasteiger partial charge in [0.15, 0.2) is 0 Å². The van der Waals surface area contributed by atoms with E-state index in [9.17, 15) is 9.59 Å². The van der Waals surface area contributed by atoms with Gasteiger partial charge in [0, 0.05) is 6.92 Å². The van der Waals surface area contributed by atoms with Crippen LogP contribution in [0.3, 0.4) is 0 Å². The maximum atomic E-state index is 11.4. The van der Waals surface area contributed by atoms with Crippen LogP contribution in [0.25, 0.3) is 0 Å². The van der Waals surface area contributed by atoms with E-state index in [1.54, 1.807) is 0 Å². The summed E-state index contributed by atoms with van der Waals surface area (Å²) in [5.74, 6) is -1.00. The van der Waals surface area contributed by atoms with Gasteiger partial charge in [-0.15, -0.1) is 0 Å². The molecule has 0 aliphatic carbocycles. The Labute approximate surface area is 194 Å². The number of carbonyl (C=O) groups is 2. The summed E-state index contributed by atoms with van der Waals surface area (Å²) in [5, 5.41) is 9.16. The van der Waals surface area contributed by atoms with E-state index in [0.717, 1.165) is 56.9 Å². The normalized spacial score (nSPS) is 12.9. The minimum Gasteiger partial charge on any atom is -0.481 e. The van der Waals surface area contributed by atoms with Crippen molar-refractivity contribution in [2.75, 3.05) is 0 Å². The van der Waals surface area contributed by atoms with E-state index in [1.807, 2.05) is 30.3 Å². The van der Waals surface area contributed by atoms with Crippen molar-refractivity contribution in [2.45, 2.75) is 123 Å². The van der Waals surface area contributed by atoms with Gasteiger partial charge in [-0.2, -0.15) is 0 Å². The molecule has 0 fully saturated rings. The zero-order valence-corrected chi connectivity index (χ0v) is 20.2. The van der Waals surface area contributed by atoms with Crippen molar-refractivity contribution >= 4 is 11.9 Å². The molecule has 0 bridgehead atoms. The molecule has 1 N–H and O–H groups in total. The van der Waals surface area contributed by atoms with Gasteiger partial charge in [-0.25, -0.2) is 0 Å². The van der Waals surface area contributed by atoms with Crippen LogP contribution >= 0.6 is 0 Å². The Morgan fingerprint density at radius 3 is 1.88 bits per heavy atom. The highest BCUT2D eigenvalue weighted by molar-refractivity contribution is 5.67. The molecule has 2 atom stereocenters. The first-order chi connectivity index (χ1) is 15.5. The highest BCUT2D eigenvalue weighted by atomic mass is 16.5. The van der Waals surface area contributed by atoms with Crippen LogP contribution in [0.2, 0.25) is 0 Å². The quantitative estimate of drug-likeness (QED) is 0.171. The second-order valence-electron chi connectivity index (χ2n) is 8.80. The smallest absolute Gasteiger partial charge is 0.305 e. The molecule has 0 aromatic heterocycles. The minimum atomic E-state index is -0.818. The highest BCUT2D eigenvalue weighted by Gasteiger charge is 2.15. The number of unbranched alkanes of at least 4 members (excludes halogenated alkanes) is 8. The van der Waals surface area contributed by atoms with E-state index in [4.69, 9.17) is 14.6 Å². The lowest BCUT2D eigenvalue weighted by Gasteiger charge is -2.18. The lowest BCUT2D eigenvalue weighted by Crippen LogP contribution is -2.18. The summed E-state index contributed by atoms with van der Waals surface area (Å²) in [6.45, 7) is 4.16. The number of carboxylic acids is 1. The van der Waals surface area contributed by atoms with Crippen LogP contribution in [0.15, 0.2) is 30.3 Å². The SMILES string of the molecule is CCCCCCCCC(CCCCCCC(CC(=O)O)OCc1ccccc1)OC(C)=O. The molecule has 5 nitrogen and oxygen atoms in total. The van der Waals surface area contributed by atoms with Crippen LogP contribution in [-0.4, -0.2) is 29.3 Å². The topological polar surface area (TPSA) is 72.8 Å². The van der Waals surface area contributed by atoms with Crippen molar-refractivity contribution < 1.29 is 24.2 Å². The summed E-state index contributed by atoms with van der Waals surface area (Å²) >= 11 is 0. The number of hydrogen-bond acceptors (Lipinski definition) is 4. The van der Waals surface area contributed by atoms with Crippen molar-refractivity contribution in [3.8, 4) is 0 Å². The third-order valence-corrected chi connectivity index (χ3v) is 5.75. The van der Waals surface area contributed by atoms with Gasteiger partial charge < -0.3 is 14.6 Å². The zero-order valence-electron chi connectivity index (χ0n) is 20.2. The van der Waals surface area contributed by atoms with Gasteiger partial charge in [0.25, 0.3) is 0 Å². The summed E-state index contributed by atoms with van der Waals surface area (Å²) in [7, 11) is 0. The van der Waals surface area contributed by atoms with E-state index in [0.29, 0.717) is 6.61 Å². The van der Waals surface area contributed by atoms with E-state index in [-0.39, 0.29) is 24.6 Å². The molecule has 1 aromatic rings. The number of ether oxygens (including phenoxy) is 2. The van der Waals surface area contributed by atoms with E-state index in [1.165, 1.54) is 39.0 Å². The van der Waals surface area contributed by atoms with Gasteiger partial charge in [0.05, 0.1) is 19.1 Å². The molecule has 1 rings (SSSR count). The molecule has 0 radical (unpaired) electrons. The summed E-state index contributed by atoms with van der Waals surface area (Å²) < 4.78 is 11.4. The Balaban J connectivity index is 2.22. The number of carboxylic acid groups (broad SMARTS) is 1. The fraction of sp³-hybridized carbons (Fsp3) is 0.704. The van der Waals surface area contributed by atoms with Crippen molar-refractivity contribution in [3.63, 3.8) is 0 Å². The van der Waals surface area contributed by atoms with Gasteiger partial charge in [0.1, 0.15) is 6.10 Å². The first-order valence-electron chi connectivity index (χ1n) is 12.6. The van der Waals surface area contributed by atoms with E-state index in [2.05, 4.69) is 6.92 Å². The van der Waals surface area contributed by atoms with Crippen molar-refractivity contribution in [3.05, 3.63) is 35.9 Å². The Bertz CT molecular complexity index is 601. The van der Waals surface area contributed by atoms with Crippen LogP contribution in [0.5, 0.6) is 0 Å². The fourth-order valence-electron chi connectivity index (χ4n) is 3.97. The monoisotopic (exact) mass is 448 g/mol. The van der Waals surface area contributed by atoms with Gasteiger partial charge in [-0.05, 0) is 37.7 Å². The van der Waals surface area contributed by atoms with Crippen molar-refractivity contribution in [2.24, 2.45) is 0 Å². The second kappa shape index (κ2) is 18.7. The molecule has 0 heterocycles. The maximum absolute atomic E-state index is 11.4. The molecule has 1 aromatic carbocycles. The van der Waals surface area contributed by atoms with Crippen LogP contribution in [0, 0.1) is 0 Å². The van der Waals surface area contributed by atoms with Gasteiger partial charge in [-0.3, -0.25) is 9.59 Å².